The van der Waals surface area contributed by atoms with E-state index in [4.69, 9.17) is 11.8 Å². The fourth-order valence-corrected chi connectivity index (χ4v) is 7.74. The van der Waals surface area contributed by atoms with Gasteiger partial charge in [-0.25, -0.2) is 0 Å². The zero-order valence-corrected chi connectivity index (χ0v) is 17.0. The van der Waals surface area contributed by atoms with Gasteiger partial charge in [0.25, 0.3) is 0 Å². The minimum absolute atomic E-state index is 0.291. The van der Waals surface area contributed by atoms with Crippen LogP contribution in [0.2, 0.25) is 0 Å². The van der Waals surface area contributed by atoms with Gasteiger partial charge in [0.2, 0.25) is 0 Å². The van der Waals surface area contributed by atoms with Gasteiger partial charge in [-0.3, -0.25) is 0 Å². The maximum absolute atomic E-state index is 10.2. The van der Waals surface area contributed by atoms with E-state index in [0.29, 0.717) is 22.3 Å². The third-order valence-electron chi connectivity index (χ3n) is 4.96. The van der Waals surface area contributed by atoms with Crippen molar-refractivity contribution in [2.45, 2.75) is 26.4 Å². The van der Waals surface area contributed by atoms with Crippen LogP contribution in [0.5, 0.6) is 0 Å². The molecule has 0 radical (unpaired) electrons. The third kappa shape index (κ3) is 3.58. The summed E-state index contributed by atoms with van der Waals surface area (Å²) in [6.45, 7) is -1.30. The Labute approximate surface area is 169 Å². The lowest BCUT2D eigenvalue weighted by molar-refractivity contribution is 0.240. The molecule has 28 heavy (non-hydrogen) atoms. The molecule has 3 aromatic rings. The number of hydrogen-bond donors (Lipinski definition) is 4. The summed E-state index contributed by atoms with van der Waals surface area (Å²) in [6, 6.07) is 18.7. The van der Waals surface area contributed by atoms with Gasteiger partial charge >= 0.3 is 0 Å². The van der Waals surface area contributed by atoms with E-state index in [1.54, 1.807) is 6.07 Å². The molecule has 0 unspecified atom stereocenters. The molecule has 0 saturated heterocycles. The number of rotatable bonds is 7. The van der Waals surface area contributed by atoms with Crippen molar-refractivity contribution in [1.29, 1.82) is 0 Å². The van der Waals surface area contributed by atoms with Crippen molar-refractivity contribution in [2.24, 2.45) is 0 Å². The summed E-state index contributed by atoms with van der Waals surface area (Å²) < 4.78 is 0. The van der Waals surface area contributed by atoms with Crippen molar-refractivity contribution in [2.75, 3.05) is 0 Å². The fourth-order valence-electron chi connectivity index (χ4n) is 3.56. The van der Waals surface area contributed by atoms with Crippen molar-refractivity contribution < 1.29 is 20.4 Å². The van der Waals surface area contributed by atoms with Gasteiger partial charge < -0.3 is 20.4 Å². The average molecular weight is 414 g/mol. The molecule has 3 rings (SSSR count). The van der Waals surface area contributed by atoms with Gasteiger partial charge in [-0.2, -0.15) is 0 Å². The fraction of sp³-hybridized carbons (Fsp3) is 0.182. The quantitative estimate of drug-likeness (QED) is 0.440. The molecule has 0 aliphatic rings. The van der Waals surface area contributed by atoms with Crippen molar-refractivity contribution in [3.63, 3.8) is 0 Å². The maximum Gasteiger partial charge on any atom is 0.0692 e. The molecule has 0 spiro atoms. The second-order valence-corrected chi connectivity index (χ2v) is 10.8. The SMILES string of the molecule is OCc1cc(P(=S)(c2ccccc2)c2ccccc2)c(CO)c(CO)c1CO. The molecular formula is C22H23O4PS. The first-order valence-electron chi connectivity index (χ1n) is 8.93. The number of hydrogen-bond acceptors (Lipinski definition) is 5. The zero-order valence-electron chi connectivity index (χ0n) is 15.3. The Kier molecular flexibility index (Phi) is 6.78. The lowest BCUT2D eigenvalue weighted by Crippen LogP contribution is -2.29. The summed E-state index contributed by atoms with van der Waals surface area (Å²) in [7, 11) is 0. The van der Waals surface area contributed by atoms with Crippen LogP contribution < -0.4 is 15.9 Å². The van der Waals surface area contributed by atoms with Crippen LogP contribution >= 0.6 is 6.04 Å². The van der Waals surface area contributed by atoms with Crippen LogP contribution in [0, 0.1) is 0 Å². The maximum atomic E-state index is 10.2. The van der Waals surface area contributed by atoms with Gasteiger partial charge in [-0.1, -0.05) is 72.5 Å². The monoisotopic (exact) mass is 414 g/mol. The van der Waals surface area contributed by atoms with E-state index < -0.39 is 6.04 Å². The Hall–Kier alpha value is -1.85. The predicted molar refractivity (Wildman–Crippen MR) is 116 cm³/mol. The molecule has 0 atom stereocenters. The van der Waals surface area contributed by atoms with E-state index in [-0.39, 0.29) is 26.4 Å². The van der Waals surface area contributed by atoms with Crippen molar-refractivity contribution in [3.05, 3.63) is 89.0 Å². The Morgan fingerprint density at radius 3 is 1.46 bits per heavy atom. The smallest absolute Gasteiger partial charge is 0.0692 e. The molecule has 0 aliphatic heterocycles. The Balaban J connectivity index is 2.44. The molecule has 3 aromatic carbocycles. The first-order valence-corrected chi connectivity index (χ1v) is 11.7. The molecule has 0 aliphatic carbocycles. The molecule has 0 amide bonds. The van der Waals surface area contributed by atoms with Crippen molar-refractivity contribution in [3.8, 4) is 0 Å². The molecule has 4 N–H and O–H groups in total. The second kappa shape index (κ2) is 9.10. The molecule has 0 aromatic heterocycles. The van der Waals surface area contributed by atoms with Crippen molar-refractivity contribution in [1.82, 2.24) is 0 Å². The minimum Gasteiger partial charge on any atom is -0.392 e. The molecule has 0 heterocycles. The summed E-state index contributed by atoms with van der Waals surface area (Å²) >= 11 is 6.32. The van der Waals surface area contributed by atoms with E-state index in [2.05, 4.69) is 0 Å². The highest BCUT2D eigenvalue weighted by atomic mass is 32.4. The molecule has 0 fully saturated rings. The third-order valence-corrected chi connectivity index (χ3v) is 9.94. The highest BCUT2D eigenvalue weighted by Gasteiger charge is 2.30. The summed E-state index contributed by atoms with van der Waals surface area (Å²) in [5.41, 5.74) is 1.92. The van der Waals surface area contributed by atoms with Crippen LogP contribution in [-0.2, 0) is 38.2 Å². The van der Waals surface area contributed by atoms with E-state index in [9.17, 15) is 20.4 Å². The lowest BCUT2D eigenvalue weighted by Gasteiger charge is -2.29. The van der Waals surface area contributed by atoms with Crippen LogP contribution in [-0.4, -0.2) is 20.4 Å². The van der Waals surface area contributed by atoms with Crippen LogP contribution in [0.15, 0.2) is 66.7 Å². The van der Waals surface area contributed by atoms with Crippen molar-refractivity contribution >= 4 is 33.8 Å². The van der Waals surface area contributed by atoms with Gasteiger partial charge in [0.15, 0.2) is 0 Å². The summed E-state index contributed by atoms with van der Waals surface area (Å²) in [4.78, 5) is 0. The topological polar surface area (TPSA) is 80.9 Å². The predicted octanol–water partition coefficient (Wildman–Crippen LogP) is 1.41. The Bertz CT molecular complexity index is 947. The summed E-state index contributed by atoms with van der Waals surface area (Å²) in [5, 5.41) is 42.5. The van der Waals surface area contributed by atoms with Crippen LogP contribution in [0.1, 0.15) is 22.3 Å². The summed E-state index contributed by atoms with van der Waals surface area (Å²) in [5.74, 6) is 0. The average Bonchev–Trinajstić information content (AvgIpc) is 2.77. The first-order chi connectivity index (χ1) is 13.6. The Morgan fingerprint density at radius 1 is 0.607 bits per heavy atom. The van der Waals surface area contributed by atoms with E-state index in [1.807, 2.05) is 60.7 Å². The highest BCUT2D eigenvalue weighted by Crippen LogP contribution is 2.45. The molecule has 6 heteroatoms. The summed E-state index contributed by atoms with van der Waals surface area (Å²) in [6.07, 6.45) is 0. The molecule has 0 bridgehead atoms. The minimum atomic E-state index is -2.57. The largest absolute Gasteiger partial charge is 0.392 e. The molecule has 4 nitrogen and oxygen atoms in total. The lowest BCUT2D eigenvalue weighted by atomic mass is 9.97. The van der Waals surface area contributed by atoms with E-state index >= 15 is 0 Å². The standard InChI is InChI=1S/C22H23O4PS/c23-12-16-11-22(21(15-26)20(14-25)19(16)13-24)27(28,17-7-3-1-4-8-17)18-9-5-2-6-10-18/h1-11,23-26H,12-15H2. The number of aliphatic hydroxyl groups is 4. The normalized spacial score (nSPS) is 11.6. The molecular weight excluding hydrogens is 391 g/mol. The first kappa shape index (κ1) is 20.9. The van der Waals surface area contributed by atoms with Gasteiger partial charge in [0, 0.05) is 11.3 Å². The van der Waals surface area contributed by atoms with Crippen LogP contribution in [0.4, 0.5) is 0 Å². The Morgan fingerprint density at radius 2 is 1.07 bits per heavy atom. The highest BCUT2D eigenvalue weighted by molar-refractivity contribution is 8.25. The second-order valence-electron chi connectivity index (χ2n) is 6.40. The van der Waals surface area contributed by atoms with E-state index in [0.717, 1.165) is 15.9 Å². The van der Waals surface area contributed by atoms with Gasteiger partial charge in [-0.05, 0) is 38.9 Å². The van der Waals surface area contributed by atoms with Gasteiger partial charge in [0.1, 0.15) is 0 Å². The zero-order chi connectivity index (χ0) is 20.1. The van der Waals surface area contributed by atoms with Gasteiger partial charge in [0.05, 0.1) is 26.4 Å². The molecule has 0 saturated carbocycles. The number of benzene rings is 3. The molecule has 146 valence electrons. The van der Waals surface area contributed by atoms with Crippen LogP contribution in [0.3, 0.4) is 0 Å². The number of aliphatic hydroxyl groups excluding tert-OH is 4. The van der Waals surface area contributed by atoms with E-state index in [1.165, 1.54) is 0 Å². The van der Waals surface area contributed by atoms with Gasteiger partial charge in [-0.15, -0.1) is 0 Å². The van der Waals surface area contributed by atoms with Crippen LogP contribution in [0.25, 0.3) is 0 Å².